The van der Waals surface area contributed by atoms with E-state index in [2.05, 4.69) is 12.2 Å². The second kappa shape index (κ2) is 13.4. The van der Waals surface area contributed by atoms with Crippen molar-refractivity contribution in [3.05, 3.63) is 101 Å². The number of halogens is 1. The second-order valence-corrected chi connectivity index (χ2v) is 8.98. The number of carbonyl (C=O) groups excluding carboxylic acids is 2. The summed E-state index contributed by atoms with van der Waals surface area (Å²) in [5.74, 6) is -0.244. The Hall–Kier alpha value is -3.67. The van der Waals surface area contributed by atoms with Gasteiger partial charge in [0.05, 0.1) is 0 Å². The fourth-order valence-corrected chi connectivity index (χ4v) is 3.95. The molecular formula is C30H35FN2O3. The first kappa shape index (κ1) is 26.9. The van der Waals surface area contributed by atoms with Gasteiger partial charge in [0.25, 0.3) is 5.91 Å². The first-order chi connectivity index (χ1) is 17.4. The summed E-state index contributed by atoms with van der Waals surface area (Å²) < 4.78 is 19.5. The van der Waals surface area contributed by atoms with Crippen LogP contribution in [0.3, 0.4) is 0 Å². The average molecular weight is 491 g/mol. The van der Waals surface area contributed by atoms with Crippen molar-refractivity contribution in [2.24, 2.45) is 0 Å². The predicted molar refractivity (Wildman–Crippen MR) is 140 cm³/mol. The number of unbranched alkanes of at least 4 members (excludes halogenated alkanes) is 1. The molecule has 0 saturated carbocycles. The van der Waals surface area contributed by atoms with Gasteiger partial charge in [-0.05, 0) is 60.7 Å². The van der Waals surface area contributed by atoms with E-state index >= 15 is 0 Å². The van der Waals surface area contributed by atoms with E-state index < -0.39 is 6.04 Å². The maximum atomic E-state index is 13.6. The fourth-order valence-electron chi connectivity index (χ4n) is 3.95. The van der Waals surface area contributed by atoms with Gasteiger partial charge in [0.1, 0.15) is 17.6 Å². The summed E-state index contributed by atoms with van der Waals surface area (Å²) in [6, 6.07) is 20.6. The molecule has 0 aromatic heterocycles. The minimum absolute atomic E-state index is 0.161. The lowest BCUT2D eigenvalue weighted by Gasteiger charge is -2.31. The van der Waals surface area contributed by atoms with Gasteiger partial charge in [-0.2, -0.15) is 0 Å². The molecule has 0 aliphatic rings. The molecule has 0 aliphatic carbocycles. The highest BCUT2D eigenvalue weighted by Crippen LogP contribution is 2.21. The molecule has 0 saturated heterocycles. The highest BCUT2D eigenvalue weighted by molar-refractivity contribution is 5.88. The van der Waals surface area contributed by atoms with Gasteiger partial charge in [-0.1, -0.05) is 67.9 Å². The number of nitrogens with zero attached hydrogens (tertiary/aromatic N) is 1. The third-order valence-electron chi connectivity index (χ3n) is 6.27. The highest BCUT2D eigenvalue weighted by atomic mass is 19.1. The number of nitrogens with one attached hydrogen (secondary N) is 1. The Bertz CT molecular complexity index is 1130. The molecule has 0 fully saturated rings. The van der Waals surface area contributed by atoms with E-state index in [4.69, 9.17) is 4.74 Å². The van der Waals surface area contributed by atoms with E-state index in [1.807, 2.05) is 62.4 Å². The lowest BCUT2D eigenvalue weighted by atomic mass is 10.0. The molecule has 2 amide bonds. The van der Waals surface area contributed by atoms with E-state index in [1.54, 1.807) is 17.0 Å². The van der Waals surface area contributed by atoms with Crippen molar-refractivity contribution in [2.45, 2.75) is 52.6 Å². The van der Waals surface area contributed by atoms with Crippen molar-refractivity contribution in [1.29, 1.82) is 0 Å². The molecule has 0 radical (unpaired) electrons. The molecule has 6 heteroatoms. The second-order valence-electron chi connectivity index (χ2n) is 8.98. The van der Waals surface area contributed by atoms with Crippen LogP contribution in [0.15, 0.2) is 72.8 Å². The first-order valence-electron chi connectivity index (χ1n) is 12.4. The third kappa shape index (κ3) is 7.67. The van der Waals surface area contributed by atoms with Crippen LogP contribution in [0.2, 0.25) is 0 Å². The molecule has 3 aromatic rings. The van der Waals surface area contributed by atoms with Gasteiger partial charge in [0.15, 0.2) is 6.61 Å². The van der Waals surface area contributed by atoms with Crippen molar-refractivity contribution in [1.82, 2.24) is 10.2 Å². The zero-order valence-corrected chi connectivity index (χ0v) is 21.3. The van der Waals surface area contributed by atoms with Gasteiger partial charge in [-0.3, -0.25) is 9.59 Å². The number of hydrogen-bond donors (Lipinski definition) is 1. The van der Waals surface area contributed by atoms with Crippen molar-refractivity contribution in [2.75, 3.05) is 13.2 Å². The van der Waals surface area contributed by atoms with Crippen LogP contribution in [0.1, 0.15) is 42.0 Å². The van der Waals surface area contributed by atoms with E-state index in [-0.39, 0.29) is 30.8 Å². The molecule has 190 valence electrons. The maximum Gasteiger partial charge on any atom is 0.261 e. The van der Waals surface area contributed by atoms with Crippen LogP contribution in [-0.4, -0.2) is 35.9 Å². The Morgan fingerprint density at radius 2 is 1.67 bits per heavy atom. The summed E-state index contributed by atoms with van der Waals surface area (Å²) in [4.78, 5) is 28.5. The van der Waals surface area contributed by atoms with Crippen molar-refractivity contribution in [3.63, 3.8) is 0 Å². The molecule has 1 N–H and O–H groups in total. The molecule has 3 aromatic carbocycles. The number of aryl methyl sites for hydroxylation is 1. The van der Waals surface area contributed by atoms with Gasteiger partial charge >= 0.3 is 0 Å². The van der Waals surface area contributed by atoms with Crippen molar-refractivity contribution >= 4 is 11.8 Å². The van der Waals surface area contributed by atoms with E-state index in [1.165, 1.54) is 12.1 Å². The molecule has 5 nitrogen and oxygen atoms in total. The largest absolute Gasteiger partial charge is 0.483 e. The number of hydrogen-bond acceptors (Lipinski definition) is 3. The van der Waals surface area contributed by atoms with Gasteiger partial charge in [0, 0.05) is 19.5 Å². The predicted octanol–water partition coefficient (Wildman–Crippen LogP) is 5.38. The maximum absolute atomic E-state index is 13.6. The number of carbonyl (C=O) groups is 2. The monoisotopic (exact) mass is 490 g/mol. The average Bonchev–Trinajstić information content (AvgIpc) is 2.88. The number of benzene rings is 3. The first-order valence-corrected chi connectivity index (χ1v) is 12.4. The molecule has 3 rings (SSSR count). The molecular weight excluding hydrogens is 455 g/mol. The summed E-state index contributed by atoms with van der Waals surface area (Å²) in [5.41, 5.74) is 3.71. The van der Waals surface area contributed by atoms with E-state index in [0.29, 0.717) is 18.7 Å². The number of amides is 2. The third-order valence-corrected chi connectivity index (χ3v) is 6.27. The summed E-state index contributed by atoms with van der Waals surface area (Å²) in [6.45, 7) is 6.49. The van der Waals surface area contributed by atoms with Crippen molar-refractivity contribution < 1.29 is 18.7 Å². The van der Waals surface area contributed by atoms with Gasteiger partial charge in [-0.15, -0.1) is 0 Å². The Kier molecular flexibility index (Phi) is 10.0. The van der Waals surface area contributed by atoms with Crippen LogP contribution < -0.4 is 10.1 Å². The van der Waals surface area contributed by atoms with Gasteiger partial charge < -0.3 is 15.0 Å². The van der Waals surface area contributed by atoms with Gasteiger partial charge in [-0.25, -0.2) is 4.39 Å². The minimum Gasteiger partial charge on any atom is -0.483 e. The topological polar surface area (TPSA) is 58.6 Å². The van der Waals surface area contributed by atoms with Crippen LogP contribution >= 0.6 is 0 Å². The van der Waals surface area contributed by atoms with Crippen LogP contribution in [0.4, 0.5) is 4.39 Å². The molecule has 0 spiro atoms. The molecule has 0 aliphatic heterocycles. The minimum atomic E-state index is -0.746. The molecule has 1 unspecified atom stereocenters. The van der Waals surface area contributed by atoms with Crippen LogP contribution in [-0.2, 0) is 22.6 Å². The molecule has 0 bridgehead atoms. The standard InChI is InChI=1S/C30H35FN2O3/c1-4-5-18-32-30(35)27(19-24-11-7-6-8-12-24)33(20-25-14-16-26(31)17-15-25)29(34)21-36-28-13-9-10-22(2)23(28)3/h6-17,27H,4-5,18-21H2,1-3H3,(H,32,35). The summed E-state index contributed by atoms with van der Waals surface area (Å²) in [5, 5.41) is 2.99. The van der Waals surface area contributed by atoms with Crippen LogP contribution in [0.5, 0.6) is 5.75 Å². The summed E-state index contributed by atoms with van der Waals surface area (Å²) in [7, 11) is 0. The lowest BCUT2D eigenvalue weighted by Crippen LogP contribution is -2.51. The Balaban J connectivity index is 1.89. The zero-order valence-electron chi connectivity index (χ0n) is 21.3. The smallest absolute Gasteiger partial charge is 0.261 e. The highest BCUT2D eigenvalue weighted by Gasteiger charge is 2.30. The SMILES string of the molecule is CCCCNC(=O)C(Cc1ccccc1)N(Cc1ccc(F)cc1)C(=O)COc1cccc(C)c1C. The normalized spacial score (nSPS) is 11.6. The fraction of sp³-hybridized carbons (Fsp3) is 0.333. The van der Waals surface area contributed by atoms with E-state index in [0.717, 1.165) is 35.1 Å². The van der Waals surface area contributed by atoms with Gasteiger partial charge in [0.2, 0.25) is 5.91 Å². The summed E-state index contributed by atoms with van der Waals surface area (Å²) >= 11 is 0. The Morgan fingerprint density at radius 3 is 2.36 bits per heavy atom. The summed E-state index contributed by atoms with van der Waals surface area (Å²) in [6.07, 6.45) is 2.16. The Morgan fingerprint density at radius 1 is 0.944 bits per heavy atom. The molecule has 0 heterocycles. The zero-order chi connectivity index (χ0) is 25.9. The molecule has 1 atom stereocenters. The molecule has 36 heavy (non-hydrogen) atoms. The van der Waals surface area contributed by atoms with Crippen LogP contribution in [0, 0.1) is 19.7 Å². The number of ether oxygens (including phenoxy) is 1. The number of rotatable bonds is 12. The van der Waals surface area contributed by atoms with Crippen molar-refractivity contribution in [3.8, 4) is 5.75 Å². The van der Waals surface area contributed by atoms with Crippen LogP contribution in [0.25, 0.3) is 0 Å². The van der Waals surface area contributed by atoms with E-state index in [9.17, 15) is 14.0 Å². The lowest BCUT2D eigenvalue weighted by molar-refractivity contribution is -0.142. The Labute approximate surface area is 213 Å². The quantitative estimate of drug-likeness (QED) is 0.347.